The second-order valence-corrected chi connectivity index (χ2v) is 6.71. The number of nitrogens with one attached hydrogen (secondary N) is 1. The summed E-state index contributed by atoms with van der Waals surface area (Å²) in [6, 6.07) is 6.22. The van der Waals surface area contributed by atoms with Crippen LogP contribution in [0.5, 0.6) is 5.75 Å². The highest BCUT2D eigenvalue weighted by Crippen LogP contribution is 2.33. The number of H-pyrrole nitrogens is 1. The molecule has 0 spiro atoms. The number of ether oxygens (including phenoxy) is 1. The first kappa shape index (κ1) is 14.6. The number of imidazole rings is 1. The summed E-state index contributed by atoms with van der Waals surface area (Å²) in [6.07, 6.45) is 5.01. The Hall–Kier alpha value is -1.29. The van der Waals surface area contributed by atoms with E-state index in [1.165, 1.54) is 24.8 Å². The van der Waals surface area contributed by atoms with Crippen molar-refractivity contribution < 1.29 is 4.74 Å². The number of nitrogens with zero attached hydrogens (tertiary/aromatic N) is 1. The first-order valence-corrected chi connectivity index (χ1v) is 8.44. The highest BCUT2D eigenvalue weighted by atomic mass is 32.1. The van der Waals surface area contributed by atoms with E-state index in [1.807, 2.05) is 6.07 Å². The van der Waals surface area contributed by atoms with E-state index in [0.29, 0.717) is 0 Å². The van der Waals surface area contributed by atoms with Crippen molar-refractivity contribution in [2.24, 2.45) is 11.8 Å². The van der Waals surface area contributed by atoms with Gasteiger partial charge in [0.1, 0.15) is 11.3 Å². The highest BCUT2D eigenvalue weighted by Gasteiger charge is 2.22. The Balaban J connectivity index is 1.92. The maximum Gasteiger partial charge on any atom is 0.178 e. The zero-order valence-corrected chi connectivity index (χ0v) is 13.7. The van der Waals surface area contributed by atoms with Crippen LogP contribution in [0, 0.1) is 16.6 Å². The van der Waals surface area contributed by atoms with Gasteiger partial charge >= 0.3 is 0 Å². The minimum Gasteiger partial charge on any atom is -0.491 e. The number of rotatable bonds is 5. The molecule has 0 aliphatic heterocycles. The SMILES string of the molecule is CCCOc1cccc2c1[nH]c(=S)n2CC1CCC(C)C1. The van der Waals surface area contributed by atoms with Crippen LogP contribution in [0.2, 0.25) is 0 Å². The molecule has 1 heterocycles. The molecule has 1 aliphatic rings. The van der Waals surface area contributed by atoms with Crippen LogP contribution in [0.15, 0.2) is 18.2 Å². The average molecular weight is 304 g/mol. The molecule has 0 bridgehead atoms. The number of para-hydroxylation sites is 1. The molecule has 1 aliphatic carbocycles. The Morgan fingerprint density at radius 2 is 2.24 bits per heavy atom. The van der Waals surface area contributed by atoms with E-state index in [-0.39, 0.29) is 0 Å². The Bertz CT molecular complexity index is 673. The zero-order valence-electron chi connectivity index (χ0n) is 12.9. The van der Waals surface area contributed by atoms with Crippen LogP contribution in [0.1, 0.15) is 39.5 Å². The highest BCUT2D eigenvalue weighted by molar-refractivity contribution is 7.71. The molecule has 1 aromatic heterocycles. The largest absolute Gasteiger partial charge is 0.491 e. The minimum atomic E-state index is 0.741. The van der Waals surface area contributed by atoms with Gasteiger partial charge in [-0.25, -0.2) is 0 Å². The van der Waals surface area contributed by atoms with Crippen molar-refractivity contribution in [2.45, 2.75) is 46.1 Å². The first-order chi connectivity index (χ1) is 10.2. The molecule has 1 saturated carbocycles. The van der Waals surface area contributed by atoms with Crippen molar-refractivity contribution in [3.05, 3.63) is 23.0 Å². The van der Waals surface area contributed by atoms with Crippen molar-refractivity contribution in [1.82, 2.24) is 9.55 Å². The van der Waals surface area contributed by atoms with Gasteiger partial charge in [-0.05, 0) is 55.4 Å². The lowest BCUT2D eigenvalue weighted by Gasteiger charge is -2.12. The van der Waals surface area contributed by atoms with Crippen molar-refractivity contribution in [2.75, 3.05) is 6.61 Å². The standard InChI is InChI=1S/C17H24N2OS/c1-3-9-20-15-6-4-5-14-16(15)18-17(21)19(14)11-13-8-7-12(2)10-13/h4-6,12-13H,3,7-11H2,1-2H3,(H,18,21). The van der Waals surface area contributed by atoms with E-state index in [1.54, 1.807) is 0 Å². The number of fused-ring (bicyclic) bond motifs is 1. The monoisotopic (exact) mass is 304 g/mol. The summed E-state index contributed by atoms with van der Waals surface area (Å²) in [5, 5.41) is 0. The van der Waals surface area contributed by atoms with Crippen LogP contribution in [0.25, 0.3) is 11.0 Å². The van der Waals surface area contributed by atoms with Crippen molar-refractivity contribution in [1.29, 1.82) is 0 Å². The van der Waals surface area contributed by atoms with Crippen molar-refractivity contribution >= 4 is 23.3 Å². The van der Waals surface area contributed by atoms with E-state index < -0.39 is 0 Å². The van der Waals surface area contributed by atoms with Gasteiger partial charge in [0.25, 0.3) is 0 Å². The van der Waals surface area contributed by atoms with Crippen LogP contribution < -0.4 is 4.74 Å². The Morgan fingerprint density at radius 3 is 2.95 bits per heavy atom. The maximum atomic E-state index is 5.83. The van der Waals surface area contributed by atoms with Crippen LogP contribution >= 0.6 is 12.2 Å². The van der Waals surface area contributed by atoms with Gasteiger partial charge in [-0.3, -0.25) is 0 Å². The normalized spacial score (nSPS) is 22.0. The predicted octanol–water partition coefficient (Wildman–Crippen LogP) is 4.92. The van der Waals surface area contributed by atoms with E-state index in [2.05, 4.69) is 35.5 Å². The molecule has 1 N–H and O–H groups in total. The molecule has 0 radical (unpaired) electrons. The van der Waals surface area contributed by atoms with E-state index in [9.17, 15) is 0 Å². The molecule has 0 saturated heterocycles. The molecule has 114 valence electrons. The molecule has 2 aromatic rings. The summed E-state index contributed by atoms with van der Waals surface area (Å²) in [7, 11) is 0. The fraction of sp³-hybridized carbons (Fsp3) is 0.588. The van der Waals surface area contributed by atoms with Gasteiger partial charge < -0.3 is 14.3 Å². The fourth-order valence-corrected chi connectivity index (χ4v) is 3.69. The van der Waals surface area contributed by atoms with Crippen LogP contribution in [0.3, 0.4) is 0 Å². The van der Waals surface area contributed by atoms with Crippen LogP contribution in [0.4, 0.5) is 0 Å². The summed E-state index contributed by atoms with van der Waals surface area (Å²) in [4.78, 5) is 3.34. The number of benzene rings is 1. The predicted molar refractivity (Wildman–Crippen MR) is 89.4 cm³/mol. The van der Waals surface area contributed by atoms with Crippen LogP contribution in [-0.4, -0.2) is 16.2 Å². The lowest BCUT2D eigenvalue weighted by atomic mass is 10.1. The summed E-state index contributed by atoms with van der Waals surface area (Å²) in [5.41, 5.74) is 2.22. The smallest absolute Gasteiger partial charge is 0.178 e. The number of aromatic nitrogens is 2. The summed E-state index contributed by atoms with van der Waals surface area (Å²) in [6.45, 7) is 6.24. The third-order valence-corrected chi connectivity index (χ3v) is 4.80. The number of hydrogen-bond acceptors (Lipinski definition) is 2. The summed E-state index contributed by atoms with van der Waals surface area (Å²) < 4.78 is 8.91. The Kier molecular flexibility index (Phi) is 4.34. The lowest BCUT2D eigenvalue weighted by Crippen LogP contribution is -2.07. The lowest BCUT2D eigenvalue weighted by molar-refractivity contribution is 0.320. The van der Waals surface area contributed by atoms with Crippen LogP contribution in [-0.2, 0) is 6.54 Å². The summed E-state index contributed by atoms with van der Waals surface area (Å²) in [5.74, 6) is 2.53. The number of aromatic amines is 1. The van der Waals surface area contributed by atoms with E-state index in [4.69, 9.17) is 17.0 Å². The minimum absolute atomic E-state index is 0.741. The number of hydrogen-bond donors (Lipinski definition) is 1. The molecule has 2 atom stereocenters. The Morgan fingerprint density at radius 1 is 1.38 bits per heavy atom. The van der Waals surface area contributed by atoms with Crippen molar-refractivity contribution in [3.8, 4) is 5.75 Å². The molecule has 1 aromatic carbocycles. The van der Waals surface area contributed by atoms with Gasteiger partial charge in [0.2, 0.25) is 0 Å². The second kappa shape index (κ2) is 6.22. The summed E-state index contributed by atoms with van der Waals surface area (Å²) >= 11 is 5.54. The van der Waals surface area contributed by atoms with Gasteiger partial charge in [0.15, 0.2) is 4.77 Å². The quantitative estimate of drug-likeness (QED) is 0.794. The van der Waals surface area contributed by atoms with Gasteiger partial charge in [0.05, 0.1) is 12.1 Å². The average Bonchev–Trinajstić information content (AvgIpc) is 3.02. The molecular formula is C17H24N2OS. The third kappa shape index (κ3) is 3.00. The molecule has 3 nitrogen and oxygen atoms in total. The molecule has 3 rings (SSSR count). The molecule has 4 heteroatoms. The molecular weight excluding hydrogens is 280 g/mol. The van der Waals surface area contributed by atoms with E-state index in [0.717, 1.165) is 47.4 Å². The molecule has 21 heavy (non-hydrogen) atoms. The topological polar surface area (TPSA) is 29.9 Å². The molecule has 1 fully saturated rings. The molecule has 0 amide bonds. The Labute approximate surface area is 131 Å². The van der Waals surface area contributed by atoms with Crippen molar-refractivity contribution in [3.63, 3.8) is 0 Å². The molecule has 2 unspecified atom stereocenters. The second-order valence-electron chi connectivity index (χ2n) is 6.32. The van der Waals surface area contributed by atoms with Gasteiger partial charge in [0, 0.05) is 6.54 Å². The van der Waals surface area contributed by atoms with Gasteiger partial charge in [-0.1, -0.05) is 26.3 Å². The first-order valence-electron chi connectivity index (χ1n) is 8.03. The fourth-order valence-electron chi connectivity index (χ4n) is 3.42. The third-order valence-electron chi connectivity index (χ3n) is 4.48. The van der Waals surface area contributed by atoms with Gasteiger partial charge in [-0.2, -0.15) is 0 Å². The van der Waals surface area contributed by atoms with Gasteiger partial charge in [-0.15, -0.1) is 0 Å². The maximum absolute atomic E-state index is 5.83. The van der Waals surface area contributed by atoms with E-state index >= 15 is 0 Å². The zero-order chi connectivity index (χ0) is 14.8.